The van der Waals surface area contributed by atoms with E-state index in [0.717, 1.165) is 94.2 Å². The first kappa shape index (κ1) is 39.9. The Morgan fingerprint density at radius 2 is 0.607 bits per heavy atom. The van der Waals surface area contributed by atoms with E-state index >= 15 is 4.79 Å². The molecule has 8 aromatic rings. The number of fused-ring (bicyclic) bond motifs is 2. The zero-order valence-corrected chi connectivity index (χ0v) is 35.5. The van der Waals surface area contributed by atoms with Crippen molar-refractivity contribution in [3.05, 3.63) is 216 Å². The van der Waals surface area contributed by atoms with E-state index in [2.05, 4.69) is 208 Å². The SMILES string of the molecule is CCCCCC1(CCCCC)c2ccc(-c3cc(-c4ccccc4)cc(-c4ccccc4)c3)cc2C(=O)c2cc(-c3cc(-c4ccccc4)cc(-c4ccccc4)c3)ccc21. The Balaban J connectivity index is 1.22. The molecule has 1 heteroatoms. The van der Waals surface area contributed by atoms with Crippen molar-refractivity contribution in [1.82, 2.24) is 0 Å². The van der Waals surface area contributed by atoms with E-state index in [4.69, 9.17) is 0 Å². The van der Waals surface area contributed by atoms with Gasteiger partial charge in [0.2, 0.25) is 0 Å². The van der Waals surface area contributed by atoms with Crippen molar-refractivity contribution in [3.63, 3.8) is 0 Å². The minimum Gasteiger partial charge on any atom is -0.289 e. The Kier molecular flexibility index (Phi) is 11.7. The molecule has 61 heavy (non-hydrogen) atoms. The van der Waals surface area contributed by atoms with Crippen LogP contribution in [0.25, 0.3) is 66.8 Å². The second kappa shape index (κ2) is 18.0. The van der Waals surface area contributed by atoms with Gasteiger partial charge in [-0.05, 0) is 139 Å². The number of benzene rings is 8. The van der Waals surface area contributed by atoms with Gasteiger partial charge in [0.1, 0.15) is 0 Å². The van der Waals surface area contributed by atoms with Crippen molar-refractivity contribution < 1.29 is 4.79 Å². The van der Waals surface area contributed by atoms with Crippen LogP contribution < -0.4 is 0 Å². The highest BCUT2D eigenvalue weighted by molar-refractivity contribution is 6.14. The Morgan fingerprint density at radius 1 is 0.311 bits per heavy atom. The standard InChI is InChI=1S/C60H54O/c1-3-5-19-33-60(34-20-6-4-2)57-31-29-47(53-37-49(43-21-11-7-12-22-43)35-50(38-53)44-23-13-8-14-24-44)41-55(57)59(61)56-42-48(30-32-58(56)60)54-39-51(45-25-15-9-16-26-45)36-52(40-54)46-27-17-10-18-28-46/h7-18,21-32,35-42H,3-6,19-20,33-34H2,1-2H3. The monoisotopic (exact) mass is 790 g/mol. The highest BCUT2D eigenvalue weighted by atomic mass is 16.1. The Labute approximate surface area is 362 Å². The molecule has 0 unspecified atom stereocenters. The number of hydrogen-bond acceptors (Lipinski definition) is 1. The maximum absolute atomic E-state index is 15.4. The van der Waals surface area contributed by atoms with Gasteiger partial charge >= 0.3 is 0 Å². The lowest BCUT2D eigenvalue weighted by Crippen LogP contribution is -2.36. The summed E-state index contributed by atoms with van der Waals surface area (Å²) >= 11 is 0. The first-order valence-corrected chi connectivity index (χ1v) is 22.4. The zero-order valence-electron chi connectivity index (χ0n) is 35.5. The minimum atomic E-state index is -0.248. The number of ketones is 1. The quantitative estimate of drug-likeness (QED) is 0.100. The summed E-state index contributed by atoms with van der Waals surface area (Å²) in [7, 11) is 0. The summed E-state index contributed by atoms with van der Waals surface area (Å²) in [5.74, 6) is 0.125. The molecule has 0 radical (unpaired) electrons. The summed E-state index contributed by atoms with van der Waals surface area (Å²) in [6.07, 6.45) is 8.96. The first-order valence-electron chi connectivity index (χ1n) is 22.4. The Morgan fingerprint density at radius 3 is 0.902 bits per heavy atom. The fourth-order valence-electron chi connectivity index (χ4n) is 9.74. The third kappa shape index (κ3) is 8.18. The van der Waals surface area contributed by atoms with Gasteiger partial charge in [-0.15, -0.1) is 0 Å². The van der Waals surface area contributed by atoms with Gasteiger partial charge in [-0.1, -0.05) is 198 Å². The van der Waals surface area contributed by atoms with Gasteiger partial charge in [0.25, 0.3) is 0 Å². The second-order valence-electron chi connectivity index (χ2n) is 16.9. The van der Waals surface area contributed by atoms with Crippen molar-refractivity contribution >= 4 is 5.78 Å². The van der Waals surface area contributed by atoms with E-state index in [1.165, 1.54) is 46.2 Å². The van der Waals surface area contributed by atoms with Crippen molar-refractivity contribution in [2.75, 3.05) is 0 Å². The van der Waals surface area contributed by atoms with Crippen LogP contribution in [0, 0.1) is 0 Å². The minimum absolute atomic E-state index is 0.125. The largest absolute Gasteiger partial charge is 0.289 e. The molecule has 0 saturated carbocycles. The summed E-state index contributed by atoms with van der Waals surface area (Å²) in [5.41, 5.74) is 17.6. The topological polar surface area (TPSA) is 17.1 Å². The third-order valence-electron chi connectivity index (χ3n) is 12.9. The van der Waals surface area contributed by atoms with Crippen molar-refractivity contribution in [1.29, 1.82) is 0 Å². The maximum Gasteiger partial charge on any atom is 0.193 e. The van der Waals surface area contributed by atoms with Crippen LogP contribution in [0.5, 0.6) is 0 Å². The lowest BCUT2D eigenvalue weighted by molar-refractivity contribution is 0.102. The van der Waals surface area contributed by atoms with E-state index in [9.17, 15) is 0 Å². The molecule has 0 bridgehead atoms. The van der Waals surface area contributed by atoms with Gasteiger partial charge in [0, 0.05) is 16.5 Å². The molecule has 0 spiro atoms. The van der Waals surface area contributed by atoms with Crippen molar-refractivity contribution in [3.8, 4) is 66.8 Å². The molecule has 0 fully saturated rings. The number of hydrogen-bond donors (Lipinski definition) is 0. The predicted molar refractivity (Wildman–Crippen MR) is 258 cm³/mol. The van der Waals surface area contributed by atoms with E-state index in [1.54, 1.807) is 0 Å². The molecule has 300 valence electrons. The van der Waals surface area contributed by atoms with Gasteiger partial charge < -0.3 is 0 Å². The van der Waals surface area contributed by atoms with Crippen LogP contribution in [-0.4, -0.2) is 5.78 Å². The molecule has 1 nitrogen and oxygen atoms in total. The maximum atomic E-state index is 15.4. The summed E-state index contributed by atoms with van der Waals surface area (Å²) in [6.45, 7) is 4.57. The van der Waals surface area contributed by atoms with Gasteiger partial charge in [0.15, 0.2) is 5.78 Å². The molecule has 0 amide bonds. The number of unbranched alkanes of at least 4 members (excludes halogenated alkanes) is 4. The lowest BCUT2D eigenvalue weighted by atomic mass is 9.61. The summed E-state index contributed by atoms with van der Waals surface area (Å²) < 4.78 is 0. The molecular weight excluding hydrogens is 737 g/mol. The molecule has 0 aliphatic heterocycles. The molecule has 0 N–H and O–H groups in total. The number of rotatable bonds is 14. The first-order chi connectivity index (χ1) is 30.0. The molecule has 1 aliphatic carbocycles. The van der Waals surface area contributed by atoms with E-state index in [-0.39, 0.29) is 11.2 Å². The Bertz CT molecular complexity index is 2460. The molecule has 9 rings (SSSR count). The van der Waals surface area contributed by atoms with Crippen LogP contribution in [0.3, 0.4) is 0 Å². The highest BCUT2D eigenvalue weighted by Gasteiger charge is 2.43. The molecule has 0 aromatic heterocycles. The van der Waals surface area contributed by atoms with Gasteiger partial charge in [0.05, 0.1) is 0 Å². The van der Waals surface area contributed by atoms with Crippen LogP contribution in [-0.2, 0) is 5.41 Å². The van der Waals surface area contributed by atoms with Gasteiger partial charge in [-0.3, -0.25) is 4.79 Å². The van der Waals surface area contributed by atoms with Crippen LogP contribution in [0.15, 0.2) is 194 Å². The van der Waals surface area contributed by atoms with Crippen LogP contribution >= 0.6 is 0 Å². The third-order valence-corrected chi connectivity index (χ3v) is 12.9. The van der Waals surface area contributed by atoms with Crippen molar-refractivity contribution in [2.24, 2.45) is 0 Å². The van der Waals surface area contributed by atoms with Gasteiger partial charge in [-0.25, -0.2) is 0 Å². The molecule has 8 aromatic carbocycles. The average Bonchev–Trinajstić information content (AvgIpc) is 3.33. The Hall–Kier alpha value is -6.57. The van der Waals surface area contributed by atoms with E-state index in [0.29, 0.717) is 0 Å². The molecule has 1 aliphatic rings. The smallest absolute Gasteiger partial charge is 0.193 e. The second-order valence-corrected chi connectivity index (χ2v) is 16.9. The van der Waals surface area contributed by atoms with Crippen molar-refractivity contribution in [2.45, 2.75) is 70.6 Å². The van der Waals surface area contributed by atoms with Gasteiger partial charge in [-0.2, -0.15) is 0 Å². The van der Waals surface area contributed by atoms with Crippen LogP contribution in [0.2, 0.25) is 0 Å². The highest BCUT2D eigenvalue weighted by Crippen LogP contribution is 2.50. The normalized spacial score (nSPS) is 12.8. The van der Waals surface area contributed by atoms with Crippen LogP contribution in [0.1, 0.15) is 92.3 Å². The summed E-state index contributed by atoms with van der Waals surface area (Å²) in [5, 5.41) is 0. The molecule has 0 atom stereocenters. The lowest BCUT2D eigenvalue weighted by Gasteiger charge is -2.41. The van der Waals surface area contributed by atoms with Crippen LogP contribution in [0.4, 0.5) is 0 Å². The molecule has 0 heterocycles. The number of carbonyl (C=O) groups is 1. The van der Waals surface area contributed by atoms with E-state index in [1.807, 2.05) is 0 Å². The summed E-state index contributed by atoms with van der Waals surface area (Å²) in [6, 6.07) is 70.0. The van der Waals surface area contributed by atoms with E-state index < -0.39 is 0 Å². The zero-order chi connectivity index (χ0) is 41.6. The fourth-order valence-corrected chi connectivity index (χ4v) is 9.74. The molecular formula is C60H54O. The fraction of sp³-hybridized carbons (Fsp3) is 0.183. The number of carbonyl (C=O) groups excluding carboxylic acids is 1. The predicted octanol–water partition coefficient (Wildman–Crippen LogP) is 16.7. The molecule has 0 saturated heterocycles. The average molecular weight is 791 g/mol. The summed E-state index contributed by atoms with van der Waals surface area (Å²) in [4.78, 5) is 15.4.